The van der Waals surface area contributed by atoms with Gasteiger partial charge in [-0.2, -0.15) is 5.48 Å². The second-order valence-corrected chi connectivity index (χ2v) is 2.22. The van der Waals surface area contributed by atoms with E-state index >= 15 is 0 Å². The molecule has 0 aliphatic rings. The number of hydrogen-bond acceptors (Lipinski definition) is 3. The maximum Gasteiger partial charge on any atom is 0.428 e. The van der Waals surface area contributed by atoms with Crippen LogP contribution in [0, 0.1) is 0 Å². The van der Waals surface area contributed by atoms with Gasteiger partial charge in [0.15, 0.2) is 0 Å². The molecule has 1 aromatic carbocycles. The highest BCUT2D eigenvalue weighted by Gasteiger charge is 2.04. The Labute approximate surface area is 74.4 Å². The minimum Gasteiger partial charge on any atom is -0.333 e. The molecule has 0 saturated heterocycles. The number of benzene rings is 1. The van der Waals surface area contributed by atoms with Crippen molar-refractivity contribution < 1.29 is 14.4 Å². The quantitative estimate of drug-likeness (QED) is 0.615. The lowest BCUT2D eigenvalue weighted by atomic mass is 10.2. The van der Waals surface area contributed by atoms with Gasteiger partial charge in [0.2, 0.25) is 0 Å². The van der Waals surface area contributed by atoms with Crippen LogP contribution in [0.2, 0.25) is 0 Å². The summed E-state index contributed by atoms with van der Waals surface area (Å²) in [7, 11) is 0. The molecule has 2 amide bonds. The Kier molecular flexibility index (Phi) is 2.86. The predicted octanol–water partition coefficient (Wildman–Crippen LogP) is 0.427. The summed E-state index contributed by atoms with van der Waals surface area (Å²) in [5.74, 6) is -0.514. The number of hydrogen-bond donors (Lipinski definition) is 2. The lowest BCUT2D eigenvalue weighted by Crippen LogP contribution is -2.29. The summed E-state index contributed by atoms with van der Waals surface area (Å²) in [5, 5.41) is 0. The van der Waals surface area contributed by atoms with Crippen molar-refractivity contribution in [2.75, 3.05) is 0 Å². The first-order valence-electron chi connectivity index (χ1n) is 3.52. The number of carbonyl (C=O) groups is 2. The predicted molar refractivity (Wildman–Crippen MR) is 44.6 cm³/mol. The van der Waals surface area contributed by atoms with Gasteiger partial charge < -0.3 is 10.6 Å². The highest BCUT2D eigenvalue weighted by Crippen LogP contribution is 1.97. The van der Waals surface area contributed by atoms with E-state index in [1.165, 1.54) is 0 Å². The van der Waals surface area contributed by atoms with Gasteiger partial charge in [0.25, 0.3) is 5.91 Å². The van der Waals surface area contributed by atoms with E-state index in [-0.39, 0.29) is 0 Å². The smallest absolute Gasteiger partial charge is 0.333 e. The Morgan fingerprint density at radius 1 is 1.23 bits per heavy atom. The molecule has 0 saturated carbocycles. The van der Waals surface area contributed by atoms with Crippen molar-refractivity contribution in [1.82, 2.24) is 5.48 Å². The number of nitrogens with one attached hydrogen (secondary N) is 1. The van der Waals surface area contributed by atoms with Crippen LogP contribution in [0.1, 0.15) is 10.4 Å². The molecule has 13 heavy (non-hydrogen) atoms. The Morgan fingerprint density at radius 3 is 2.38 bits per heavy atom. The second-order valence-electron chi connectivity index (χ2n) is 2.22. The molecule has 3 N–H and O–H groups in total. The van der Waals surface area contributed by atoms with Gasteiger partial charge in [-0.1, -0.05) is 18.2 Å². The van der Waals surface area contributed by atoms with Crippen LogP contribution in [-0.2, 0) is 4.84 Å². The number of carbonyl (C=O) groups excluding carboxylic acids is 2. The molecule has 0 bridgehead atoms. The largest absolute Gasteiger partial charge is 0.428 e. The Bertz CT molecular complexity index is 310. The SMILES string of the molecule is NC(=O)ONC(=O)c1ccccc1. The standard InChI is InChI=1S/C8H8N2O3/c9-8(12)13-10-7(11)6-4-2-1-3-5-6/h1-5H,(H2,9,12)(H,10,11). The van der Waals surface area contributed by atoms with E-state index in [0.717, 1.165) is 0 Å². The lowest BCUT2D eigenvalue weighted by Gasteiger charge is -2.01. The second kappa shape index (κ2) is 4.10. The molecular formula is C8H8N2O3. The lowest BCUT2D eigenvalue weighted by molar-refractivity contribution is 0.0601. The third kappa shape index (κ3) is 2.82. The first-order valence-corrected chi connectivity index (χ1v) is 3.52. The van der Waals surface area contributed by atoms with E-state index in [9.17, 15) is 9.59 Å². The van der Waals surface area contributed by atoms with Crippen LogP contribution in [0.25, 0.3) is 0 Å². The number of primary amides is 1. The van der Waals surface area contributed by atoms with Crippen molar-refractivity contribution in [3.63, 3.8) is 0 Å². The molecule has 0 fully saturated rings. The zero-order chi connectivity index (χ0) is 9.68. The minimum atomic E-state index is -1.05. The van der Waals surface area contributed by atoms with E-state index in [2.05, 4.69) is 10.6 Å². The summed E-state index contributed by atoms with van der Waals surface area (Å²) in [4.78, 5) is 25.3. The summed E-state index contributed by atoms with van der Waals surface area (Å²) in [6.45, 7) is 0. The van der Waals surface area contributed by atoms with Gasteiger partial charge in [0.1, 0.15) is 0 Å². The maximum atomic E-state index is 11.1. The van der Waals surface area contributed by atoms with Crippen LogP contribution in [0.4, 0.5) is 4.79 Å². The van der Waals surface area contributed by atoms with Crippen molar-refractivity contribution in [2.45, 2.75) is 0 Å². The van der Waals surface area contributed by atoms with Crippen molar-refractivity contribution >= 4 is 12.0 Å². The molecule has 68 valence electrons. The molecule has 0 unspecified atom stereocenters. The van der Waals surface area contributed by atoms with E-state index in [1.807, 2.05) is 5.48 Å². The van der Waals surface area contributed by atoms with Crippen molar-refractivity contribution in [1.29, 1.82) is 0 Å². The van der Waals surface area contributed by atoms with Crippen LogP contribution < -0.4 is 11.2 Å². The summed E-state index contributed by atoms with van der Waals surface area (Å²) >= 11 is 0. The first-order chi connectivity index (χ1) is 6.20. The Hall–Kier alpha value is -2.04. The third-order valence-corrected chi connectivity index (χ3v) is 1.28. The van der Waals surface area contributed by atoms with E-state index in [4.69, 9.17) is 0 Å². The highest BCUT2D eigenvalue weighted by molar-refractivity contribution is 5.93. The van der Waals surface area contributed by atoms with Crippen molar-refractivity contribution in [3.05, 3.63) is 35.9 Å². The topological polar surface area (TPSA) is 81.4 Å². The number of rotatable bonds is 1. The van der Waals surface area contributed by atoms with Gasteiger partial charge in [0, 0.05) is 5.56 Å². The molecule has 0 spiro atoms. The van der Waals surface area contributed by atoms with Gasteiger partial charge in [-0.05, 0) is 12.1 Å². The van der Waals surface area contributed by atoms with Gasteiger partial charge in [-0.25, -0.2) is 4.79 Å². The summed E-state index contributed by atoms with van der Waals surface area (Å²) in [6, 6.07) is 8.32. The molecule has 5 nitrogen and oxygen atoms in total. The molecule has 1 rings (SSSR count). The maximum absolute atomic E-state index is 11.1. The van der Waals surface area contributed by atoms with E-state index in [1.54, 1.807) is 30.3 Å². The molecule has 0 aliphatic carbocycles. The van der Waals surface area contributed by atoms with Gasteiger partial charge >= 0.3 is 6.09 Å². The normalized spacial score (nSPS) is 8.92. The highest BCUT2D eigenvalue weighted by atomic mass is 16.7. The molecule has 5 heteroatoms. The van der Waals surface area contributed by atoms with E-state index in [0.29, 0.717) is 5.56 Å². The zero-order valence-corrected chi connectivity index (χ0v) is 6.69. The molecule has 0 atom stereocenters. The van der Waals surface area contributed by atoms with Crippen LogP contribution in [0.15, 0.2) is 30.3 Å². The summed E-state index contributed by atoms with van der Waals surface area (Å²) < 4.78 is 0. The van der Waals surface area contributed by atoms with Crippen molar-refractivity contribution in [3.8, 4) is 0 Å². The molecule has 0 heterocycles. The fourth-order valence-corrected chi connectivity index (χ4v) is 0.745. The Balaban J connectivity index is 2.54. The molecule has 0 aliphatic heterocycles. The molecule has 0 radical (unpaired) electrons. The van der Waals surface area contributed by atoms with E-state index < -0.39 is 12.0 Å². The van der Waals surface area contributed by atoms with Crippen LogP contribution in [0.3, 0.4) is 0 Å². The van der Waals surface area contributed by atoms with Gasteiger partial charge in [0.05, 0.1) is 0 Å². The van der Waals surface area contributed by atoms with Gasteiger partial charge in [-0.3, -0.25) is 4.79 Å². The fourth-order valence-electron chi connectivity index (χ4n) is 0.745. The average Bonchev–Trinajstić information content (AvgIpc) is 2.15. The fraction of sp³-hybridized carbons (Fsp3) is 0. The first kappa shape index (κ1) is 9.05. The van der Waals surface area contributed by atoms with Crippen molar-refractivity contribution in [2.24, 2.45) is 5.73 Å². The molecule has 1 aromatic rings. The number of amides is 2. The number of nitrogens with two attached hydrogens (primary N) is 1. The van der Waals surface area contributed by atoms with Gasteiger partial charge in [-0.15, -0.1) is 0 Å². The average molecular weight is 180 g/mol. The summed E-state index contributed by atoms with van der Waals surface area (Å²) in [5.41, 5.74) is 6.92. The van der Waals surface area contributed by atoms with Crippen LogP contribution in [-0.4, -0.2) is 12.0 Å². The Morgan fingerprint density at radius 2 is 1.85 bits per heavy atom. The van der Waals surface area contributed by atoms with Crippen LogP contribution >= 0.6 is 0 Å². The minimum absolute atomic E-state index is 0.392. The summed E-state index contributed by atoms with van der Waals surface area (Å²) in [6.07, 6.45) is -1.05. The number of hydroxylamine groups is 1. The molecular weight excluding hydrogens is 172 g/mol. The third-order valence-electron chi connectivity index (χ3n) is 1.28. The zero-order valence-electron chi connectivity index (χ0n) is 6.69. The molecule has 0 aromatic heterocycles. The monoisotopic (exact) mass is 180 g/mol. The van der Waals surface area contributed by atoms with Crippen LogP contribution in [0.5, 0.6) is 0 Å².